The lowest BCUT2D eigenvalue weighted by Crippen LogP contribution is -2.36. The molecule has 0 aromatic heterocycles. The van der Waals surface area contributed by atoms with Crippen molar-refractivity contribution in [3.05, 3.63) is 0 Å². The summed E-state index contributed by atoms with van der Waals surface area (Å²) in [4.78, 5) is 20.1. The van der Waals surface area contributed by atoms with Gasteiger partial charge in [-0.1, -0.05) is 92.9 Å². The molecule has 0 aliphatic carbocycles. The molecule has 30 heavy (non-hydrogen) atoms. The minimum Gasteiger partial charge on any atom is -0.481 e. The Morgan fingerprint density at radius 2 is 1.07 bits per heavy atom. The molecule has 0 aromatic rings. The van der Waals surface area contributed by atoms with Crippen LogP contribution in [0.4, 0.5) is 0 Å². The molecule has 0 aromatic carbocycles. The highest BCUT2D eigenvalue weighted by molar-refractivity contribution is 5.66. The lowest BCUT2D eigenvalue weighted by atomic mass is 9.82. The van der Waals surface area contributed by atoms with Gasteiger partial charge in [0.15, 0.2) is 0 Å². The molecule has 1 atom stereocenters. The fourth-order valence-corrected chi connectivity index (χ4v) is 2.76. The molecular weight excluding hydrogens is 384 g/mol. The van der Waals surface area contributed by atoms with Crippen LogP contribution in [0.15, 0.2) is 0 Å². The normalized spacial score (nSPS) is 11.8. The quantitative estimate of drug-likeness (QED) is 0.239. The van der Waals surface area contributed by atoms with Crippen LogP contribution >= 0.6 is 0 Å². The van der Waals surface area contributed by atoms with E-state index in [1.165, 1.54) is 38.5 Å². The van der Waals surface area contributed by atoms with Crippen LogP contribution in [-0.4, -0.2) is 45.1 Å². The minimum atomic E-state index is -0.670. The molecule has 0 bridgehead atoms. The van der Waals surface area contributed by atoms with Crippen LogP contribution in [0, 0.1) is 11.3 Å². The summed E-state index contributed by atoms with van der Waals surface area (Å²) in [6.45, 7) is 11.9. The van der Waals surface area contributed by atoms with E-state index in [2.05, 4.69) is 13.8 Å². The zero-order valence-electron chi connectivity index (χ0n) is 20.5. The first-order chi connectivity index (χ1) is 14.0. The van der Waals surface area contributed by atoms with Gasteiger partial charge in [0.2, 0.25) is 0 Å². The summed E-state index contributed by atoms with van der Waals surface area (Å²) in [6.07, 6.45) is 11.4. The smallest absolute Gasteiger partial charge is 0.303 e. The predicted octanol–water partition coefficient (Wildman–Crippen LogP) is 5.88. The molecule has 0 saturated carbocycles. The molecular formula is C24H50O6. The molecule has 0 aliphatic rings. The molecule has 1 unspecified atom stereocenters. The maximum atomic E-state index is 10.0. The largest absolute Gasteiger partial charge is 0.481 e. The summed E-state index contributed by atoms with van der Waals surface area (Å²) in [5.41, 5.74) is -0.367. The van der Waals surface area contributed by atoms with Gasteiger partial charge in [0.1, 0.15) is 0 Å². The van der Waals surface area contributed by atoms with Gasteiger partial charge in [-0.05, 0) is 18.8 Å². The van der Waals surface area contributed by atoms with Gasteiger partial charge in [0.25, 0.3) is 0 Å². The van der Waals surface area contributed by atoms with Crippen LogP contribution in [0.2, 0.25) is 0 Å². The van der Waals surface area contributed by atoms with Crippen LogP contribution < -0.4 is 0 Å². The van der Waals surface area contributed by atoms with Crippen LogP contribution in [0.3, 0.4) is 0 Å². The van der Waals surface area contributed by atoms with Crippen molar-refractivity contribution in [1.82, 2.24) is 0 Å². The molecule has 6 heteroatoms. The third kappa shape index (κ3) is 26.9. The van der Waals surface area contributed by atoms with Crippen molar-refractivity contribution in [3.63, 3.8) is 0 Å². The first kappa shape index (κ1) is 33.5. The highest BCUT2D eigenvalue weighted by Gasteiger charge is 2.28. The number of unbranched alkanes of at least 4 members (excludes halogenated alkanes) is 8. The second-order valence-electron chi connectivity index (χ2n) is 8.95. The summed E-state index contributed by atoms with van der Waals surface area (Å²) >= 11 is 0. The molecule has 0 radical (unpaired) electrons. The van der Waals surface area contributed by atoms with E-state index >= 15 is 0 Å². The SMILES string of the molecule is CC(C)C(O)C(C)(C)CO.CCCCCCCC(=O)O.CCCCCCCC(=O)O. The molecule has 0 fully saturated rings. The van der Waals surface area contributed by atoms with Gasteiger partial charge in [-0.25, -0.2) is 0 Å². The van der Waals surface area contributed by atoms with Gasteiger partial charge in [-0.2, -0.15) is 0 Å². The Labute approximate surface area is 185 Å². The maximum Gasteiger partial charge on any atom is 0.303 e. The van der Waals surface area contributed by atoms with Crippen molar-refractivity contribution < 1.29 is 30.0 Å². The highest BCUT2D eigenvalue weighted by Crippen LogP contribution is 2.24. The van der Waals surface area contributed by atoms with Crippen LogP contribution in [0.25, 0.3) is 0 Å². The molecule has 4 N–H and O–H groups in total. The standard InChI is InChI=1S/C8H18O2.2C8H16O2/c1-6(2)7(10)8(3,4)5-9;2*1-2-3-4-5-6-7-8(9)10/h6-7,9-10H,5H2,1-4H3;2*2-7H2,1H3,(H,9,10). The average molecular weight is 435 g/mol. The number of carboxylic acid groups (broad SMARTS) is 2. The predicted molar refractivity (Wildman–Crippen MR) is 124 cm³/mol. The zero-order valence-corrected chi connectivity index (χ0v) is 20.5. The summed E-state index contributed by atoms with van der Waals surface area (Å²) in [6, 6.07) is 0. The molecule has 0 heterocycles. The van der Waals surface area contributed by atoms with Crippen LogP contribution in [0.5, 0.6) is 0 Å². The van der Waals surface area contributed by atoms with Gasteiger partial charge in [-0.15, -0.1) is 0 Å². The summed E-state index contributed by atoms with van der Waals surface area (Å²) in [7, 11) is 0. The van der Waals surface area contributed by atoms with Crippen LogP contribution in [-0.2, 0) is 9.59 Å². The first-order valence-electron chi connectivity index (χ1n) is 11.7. The van der Waals surface area contributed by atoms with E-state index in [4.69, 9.17) is 15.3 Å². The van der Waals surface area contributed by atoms with E-state index in [-0.39, 0.29) is 17.9 Å². The molecule has 182 valence electrons. The molecule has 0 spiro atoms. The zero-order chi connectivity index (χ0) is 24.0. The van der Waals surface area contributed by atoms with Gasteiger partial charge in [0.05, 0.1) is 12.7 Å². The van der Waals surface area contributed by atoms with E-state index in [0.717, 1.165) is 25.7 Å². The summed E-state index contributed by atoms with van der Waals surface area (Å²) in [5.74, 6) is -1.13. The van der Waals surface area contributed by atoms with E-state index < -0.39 is 18.0 Å². The lowest BCUT2D eigenvalue weighted by molar-refractivity contribution is -0.138. The number of rotatable bonds is 15. The number of aliphatic hydroxyl groups excluding tert-OH is 2. The van der Waals surface area contributed by atoms with E-state index in [9.17, 15) is 14.7 Å². The molecule has 6 nitrogen and oxygen atoms in total. The van der Waals surface area contributed by atoms with E-state index in [0.29, 0.717) is 12.8 Å². The van der Waals surface area contributed by atoms with Gasteiger partial charge in [0, 0.05) is 18.3 Å². The highest BCUT2D eigenvalue weighted by atomic mass is 16.4. The Kier molecular flexibility index (Phi) is 25.2. The van der Waals surface area contributed by atoms with Crippen LogP contribution in [0.1, 0.15) is 119 Å². The number of carboxylic acids is 2. The second kappa shape index (κ2) is 22.5. The number of aliphatic hydroxyl groups is 2. The Hall–Kier alpha value is -1.14. The minimum absolute atomic E-state index is 0.0341. The average Bonchev–Trinajstić information content (AvgIpc) is 2.67. The Morgan fingerprint density at radius 3 is 1.27 bits per heavy atom. The van der Waals surface area contributed by atoms with Crippen molar-refractivity contribution in [2.75, 3.05) is 6.61 Å². The Morgan fingerprint density at radius 1 is 0.733 bits per heavy atom. The maximum absolute atomic E-state index is 10.0. The topological polar surface area (TPSA) is 115 Å². The fraction of sp³-hybridized carbons (Fsp3) is 0.917. The van der Waals surface area contributed by atoms with Gasteiger partial charge >= 0.3 is 11.9 Å². The lowest BCUT2D eigenvalue weighted by Gasteiger charge is -2.30. The van der Waals surface area contributed by atoms with Crippen molar-refractivity contribution in [1.29, 1.82) is 0 Å². The van der Waals surface area contributed by atoms with Gasteiger partial charge < -0.3 is 20.4 Å². The molecule has 0 aliphatic heterocycles. The number of hydrogen-bond acceptors (Lipinski definition) is 4. The first-order valence-corrected chi connectivity index (χ1v) is 11.7. The molecule has 0 saturated heterocycles. The Balaban J connectivity index is -0.000000364. The fourth-order valence-electron chi connectivity index (χ4n) is 2.76. The van der Waals surface area contributed by atoms with E-state index in [1.54, 1.807) is 0 Å². The van der Waals surface area contributed by atoms with Crippen molar-refractivity contribution in [2.24, 2.45) is 11.3 Å². The second-order valence-corrected chi connectivity index (χ2v) is 8.95. The number of aliphatic carboxylic acids is 2. The van der Waals surface area contributed by atoms with Crippen molar-refractivity contribution >= 4 is 11.9 Å². The summed E-state index contributed by atoms with van der Waals surface area (Å²) in [5, 5.41) is 34.9. The number of hydrogen-bond donors (Lipinski definition) is 4. The van der Waals surface area contributed by atoms with Gasteiger partial charge in [-0.3, -0.25) is 9.59 Å². The van der Waals surface area contributed by atoms with E-state index in [1.807, 2.05) is 27.7 Å². The summed E-state index contributed by atoms with van der Waals surface area (Å²) < 4.78 is 0. The number of carbonyl (C=O) groups is 2. The molecule has 0 rings (SSSR count). The van der Waals surface area contributed by atoms with Crippen molar-refractivity contribution in [2.45, 2.75) is 125 Å². The van der Waals surface area contributed by atoms with Crippen molar-refractivity contribution in [3.8, 4) is 0 Å². The third-order valence-electron chi connectivity index (χ3n) is 4.83. The monoisotopic (exact) mass is 434 g/mol. The third-order valence-corrected chi connectivity index (χ3v) is 4.83. The molecule has 0 amide bonds. The Bertz CT molecular complexity index is 369.